The highest BCUT2D eigenvalue weighted by atomic mass is 35.5. The zero-order chi connectivity index (χ0) is 20.9. The van der Waals surface area contributed by atoms with Crippen LogP contribution in [0, 0.1) is 0 Å². The van der Waals surface area contributed by atoms with Crippen LogP contribution in [0.3, 0.4) is 0 Å². The van der Waals surface area contributed by atoms with Gasteiger partial charge in [-0.25, -0.2) is 9.97 Å². The maximum Gasteiger partial charge on any atom is 0.417 e. The average molecular weight is 417 g/mol. The molecule has 0 aliphatic rings. The van der Waals surface area contributed by atoms with E-state index in [1.165, 1.54) is 25.3 Å². The number of pyridine rings is 2. The summed E-state index contributed by atoms with van der Waals surface area (Å²) in [5.41, 5.74) is -0.727. The third kappa shape index (κ3) is 6.08. The molecule has 0 radical (unpaired) electrons. The van der Waals surface area contributed by atoms with E-state index in [0.29, 0.717) is 12.3 Å². The standard InChI is InChI=1S/C17H16ClF3N4O3/c1-9(8-28-16-13(18)6-12(7-23-16)17(19,20)21)24-15(27)11-3-4-22-14(5-11)25-10(2)26/h3-7,9H,8H2,1-2H3,(H,24,27)(H,22,25,26)/t9-/m1/s1. The van der Waals surface area contributed by atoms with Gasteiger partial charge in [0.05, 0.1) is 11.6 Å². The molecule has 0 aromatic carbocycles. The van der Waals surface area contributed by atoms with Crippen molar-refractivity contribution in [1.82, 2.24) is 15.3 Å². The lowest BCUT2D eigenvalue weighted by atomic mass is 10.2. The Labute approximate surface area is 163 Å². The summed E-state index contributed by atoms with van der Waals surface area (Å²) in [6.07, 6.45) is -2.57. The number of carbonyl (C=O) groups is 2. The minimum atomic E-state index is -4.56. The number of hydrogen-bond acceptors (Lipinski definition) is 5. The van der Waals surface area contributed by atoms with Crippen LogP contribution in [0.1, 0.15) is 29.8 Å². The van der Waals surface area contributed by atoms with Gasteiger partial charge in [-0.3, -0.25) is 9.59 Å². The van der Waals surface area contributed by atoms with Crippen molar-refractivity contribution in [1.29, 1.82) is 0 Å². The highest BCUT2D eigenvalue weighted by Gasteiger charge is 2.31. The summed E-state index contributed by atoms with van der Waals surface area (Å²) in [4.78, 5) is 30.8. The second-order valence-corrected chi connectivity index (χ2v) is 6.21. The Balaban J connectivity index is 1.94. The van der Waals surface area contributed by atoms with Crippen LogP contribution in [0.4, 0.5) is 19.0 Å². The van der Waals surface area contributed by atoms with Crippen LogP contribution in [-0.2, 0) is 11.0 Å². The number of nitrogens with one attached hydrogen (secondary N) is 2. The third-order valence-corrected chi connectivity index (χ3v) is 3.58. The monoisotopic (exact) mass is 416 g/mol. The van der Waals surface area contributed by atoms with Crippen LogP contribution in [0.5, 0.6) is 5.88 Å². The summed E-state index contributed by atoms with van der Waals surface area (Å²) in [6, 6.07) is 3.07. The van der Waals surface area contributed by atoms with Gasteiger partial charge in [0.1, 0.15) is 17.4 Å². The van der Waals surface area contributed by atoms with E-state index in [1.54, 1.807) is 6.92 Å². The fourth-order valence-corrected chi connectivity index (χ4v) is 2.28. The largest absolute Gasteiger partial charge is 0.474 e. The second-order valence-electron chi connectivity index (χ2n) is 5.81. The number of aromatic nitrogens is 2. The lowest BCUT2D eigenvalue weighted by molar-refractivity contribution is -0.137. The maximum absolute atomic E-state index is 12.6. The van der Waals surface area contributed by atoms with Gasteiger partial charge < -0.3 is 15.4 Å². The lowest BCUT2D eigenvalue weighted by Gasteiger charge is -2.16. The minimum Gasteiger partial charge on any atom is -0.474 e. The van der Waals surface area contributed by atoms with Gasteiger partial charge in [0.15, 0.2) is 0 Å². The van der Waals surface area contributed by atoms with E-state index in [4.69, 9.17) is 16.3 Å². The molecule has 0 spiro atoms. The van der Waals surface area contributed by atoms with Gasteiger partial charge in [0, 0.05) is 24.9 Å². The van der Waals surface area contributed by atoms with Crippen molar-refractivity contribution >= 4 is 29.2 Å². The molecular formula is C17H16ClF3N4O3. The number of halogens is 4. The van der Waals surface area contributed by atoms with Crippen molar-refractivity contribution in [2.75, 3.05) is 11.9 Å². The molecular weight excluding hydrogens is 401 g/mol. The molecule has 2 aromatic rings. The number of alkyl halides is 3. The highest BCUT2D eigenvalue weighted by molar-refractivity contribution is 6.31. The molecule has 150 valence electrons. The highest BCUT2D eigenvalue weighted by Crippen LogP contribution is 2.33. The van der Waals surface area contributed by atoms with E-state index >= 15 is 0 Å². The van der Waals surface area contributed by atoms with Crippen molar-refractivity contribution in [3.05, 3.63) is 46.7 Å². The SMILES string of the molecule is CC(=O)Nc1cc(C(=O)N[C@H](C)COc2ncc(C(F)(F)F)cc2Cl)ccn1. The first kappa shape index (κ1) is 21.4. The Morgan fingerprint density at radius 3 is 2.61 bits per heavy atom. The van der Waals surface area contributed by atoms with Crippen LogP contribution in [0.2, 0.25) is 5.02 Å². The zero-order valence-corrected chi connectivity index (χ0v) is 15.6. The maximum atomic E-state index is 12.6. The first-order valence-electron chi connectivity index (χ1n) is 7.96. The number of amides is 2. The van der Waals surface area contributed by atoms with E-state index in [0.717, 1.165) is 0 Å². The van der Waals surface area contributed by atoms with Gasteiger partial charge >= 0.3 is 6.18 Å². The van der Waals surface area contributed by atoms with E-state index in [9.17, 15) is 22.8 Å². The van der Waals surface area contributed by atoms with Gasteiger partial charge in [0.25, 0.3) is 5.91 Å². The molecule has 0 aliphatic heterocycles. The molecule has 28 heavy (non-hydrogen) atoms. The molecule has 0 saturated carbocycles. The predicted molar refractivity (Wildman–Crippen MR) is 95.2 cm³/mol. The Morgan fingerprint density at radius 1 is 1.29 bits per heavy atom. The number of nitrogens with zero attached hydrogens (tertiary/aromatic N) is 2. The number of carbonyl (C=O) groups excluding carboxylic acids is 2. The molecule has 7 nitrogen and oxygen atoms in total. The van der Waals surface area contributed by atoms with Gasteiger partial charge in [-0.2, -0.15) is 13.2 Å². The number of anilines is 1. The molecule has 0 aliphatic carbocycles. The summed E-state index contributed by atoms with van der Waals surface area (Å²) >= 11 is 5.76. The molecule has 0 fully saturated rings. The normalized spacial score (nSPS) is 12.2. The predicted octanol–water partition coefficient (Wildman–Crippen LogP) is 3.30. The summed E-state index contributed by atoms with van der Waals surface area (Å²) in [7, 11) is 0. The fraction of sp³-hybridized carbons (Fsp3) is 0.294. The topological polar surface area (TPSA) is 93.2 Å². The first-order chi connectivity index (χ1) is 13.1. The van der Waals surface area contributed by atoms with Crippen molar-refractivity contribution < 1.29 is 27.5 Å². The van der Waals surface area contributed by atoms with Gasteiger partial charge in [0.2, 0.25) is 11.8 Å². The number of hydrogen-bond donors (Lipinski definition) is 2. The third-order valence-electron chi connectivity index (χ3n) is 3.31. The number of ether oxygens (including phenoxy) is 1. The van der Waals surface area contributed by atoms with Gasteiger partial charge in [-0.1, -0.05) is 11.6 Å². The summed E-state index contributed by atoms with van der Waals surface area (Å²) in [5, 5.41) is 4.82. The fourth-order valence-electron chi connectivity index (χ4n) is 2.06. The van der Waals surface area contributed by atoms with Crippen LogP contribution in [-0.4, -0.2) is 34.4 Å². The Morgan fingerprint density at radius 2 is 2.00 bits per heavy atom. The Bertz CT molecular complexity index is 877. The van der Waals surface area contributed by atoms with E-state index in [1.807, 2.05) is 0 Å². The minimum absolute atomic E-state index is 0.0759. The average Bonchev–Trinajstić information content (AvgIpc) is 2.59. The first-order valence-corrected chi connectivity index (χ1v) is 8.34. The summed E-state index contributed by atoms with van der Waals surface area (Å²) in [5.74, 6) is -0.721. The molecule has 2 heterocycles. The molecule has 11 heteroatoms. The van der Waals surface area contributed by atoms with Crippen LogP contribution < -0.4 is 15.4 Å². The van der Waals surface area contributed by atoms with Crippen molar-refractivity contribution in [2.24, 2.45) is 0 Å². The van der Waals surface area contributed by atoms with Crippen LogP contribution >= 0.6 is 11.6 Å². The molecule has 2 aromatic heterocycles. The lowest BCUT2D eigenvalue weighted by Crippen LogP contribution is -2.37. The van der Waals surface area contributed by atoms with E-state index < -0.39 is 23.7 Å². The van der Waals surface area contributed by atoms with Crippen molar-refractivity contribution in [3.63, 3.8) is 0 Å². The molecule has 2 rings (SSSR count). The molecule has 0 saturated heterocycles. The second kappa shape index (κ2) is 8.87. The summed E-state index contributed by atoms with van der Waals surface area (Å²) < 4.78 is 43.1. The molecule has 2 N–H and O–H groups in total. The van der Waals surface area contributed by atoms with Crippen LogP contribution in [0.15, 0.2) is 30.6 Å². The quantitative estimate of drug-likeness (QED) is 0.753. The molecule has 0 bridgehead atoms. The smallest absolute Gasteiger partial charge is 0.417 e. The van der Waals surface area contributed by atoms with Crippen LogP contribution in [0.25, 0.3) is 0 Å². The van der Waals surface area contributed by atoms with Crippen molar-refractivity contribution in [2.45, 2.75) is 26.1 Å². The Hall–Kier alpha value is -2.88. The van der Waals surface area contributed by atoms with E-state index in [2.05, 4.69) is 20.6 Å². The van der Waals surface area contributed by atoms with Gasteiger partial charge in [-0.15, -0.1) is 0 Å². The van der Waals surface area contributed by atoms with E-state index in [-0.39, 0.29) is 34.8 Å². The molecule has 0 unspecified atom stereocenters. The summed E-state index contributed by atoms with van der Waals surface area (Å²) in [6.45, 7) is 2.87. The number of rotatable bonds is 6. The zero-order valence-electron chi connectivity index (χ0n) is 14.8. The molecule has 2 amide bonds. The van der Waals surface area contributed by atoms with Gasteiger partial charge in [-0.05, 0) is 25.1 Å². The Kier molecular flexibility index (Phi) is 6.79. The van der Waals surface area contributed by atoms with Crippen molar-refractivity contribution in [3.8, 4) is 5.88 Å². The molecule has 1 atom stereocenters.